The lowest BCUT2D eigenvalue weighted by atomic mass is 10.3. The second kappa shape index (κ2) is 4.45. The summed E-state index contributed by atoms with van der Waals surface area (Å²) < 4.78 is 14.7. The van der Waals surface area contributed by atoms with E-state index >= 15 is 0 Å². The molecule has 3 nitrogen and oxygen atoms in total. The largest absolute Gasteiger partial charge is 0.330 e. The molecule has 2 aromatic rings. The first-order valence-electron chi connectivity index (χ1n) is 5.21. The van der Waals surface area contributed by atoms with Gasteiger partial charge in [0.2, 0.25) is 0 Å². The van der Waals surface area contributed by atoms with Gasteiger partial charge in [0.15, 0.2) is 0 Å². The van der Waals surface area contributed by atoms with Crippen LogP contribution in [-0.2, 0) is 6.42 Å². The third kappa shape index (κ3) is 2.12. The van der Waals surface area contributed by atoms with Gasteiger partial charge in [-0.25, -0.2) is 9.37 Å². The number of hydrogen-bond donors (Lipinski definition) is 1. The molecule has 2 N–H and O–H groups in total. The summed E-state index contributed by atoms with van der Waals surface area (Å²) in [5, 5.41) is 0. The average molecular weight is 219 g/mol. The predicted molar refractivity (Wildman–Crippen MR) is 61.0 cm³/mol. The fourth-order valence-corrected chi connectivity index (χ4v) is 1.66. The molecule has 84 valence electrons. The summed E-state index contributed by atoms with van der Waals surface area (Å²) in [7, 11) is 0. The summed E-state index contributed by atoms with van der Waals surface area (Å²) in [5.41, 5.74) is 7.35. The van der Waals surface area contributed by atoms with Gasteiger partial charge in [-0.2, -0.15) is 0 Å². The van der Waals surface area contributed by atoms with Gasteiger partial charge in [-0.1, -0.05) is 0 Å². The Morgan fingerprint density at radius 2 is 2.00 bits per heavy atom. The Bertz CT molecular complexity index is 474. The van der Waals surface area contributed by atoms with Crippen molar-refractivity contribution in [2.24, 2.45) is 5.73 Å². The van der Waals surface area contributed by atoms with Crippen LogP contribution in [0.4, 0.5) is 4.39 Å². The molecule has 0 amide bonds. The molecule has 0 bridgehead atoms. The smallest absolute Gasteiger partial charge is 0.123 e. The van der Waals surface area contributed by atoms with Gasteiger partial charge in [0.05, 0.1) is 5.69 Å². The number of benzene rings is 1. The molecule has 0 radical (unpaired) electrons. The van der Waals surface area contributed by atoms with Crippen LogP contribution in [0.3, 0.4) is 0 Å². The van der Waals surface area contributed by atoms with Gasteiger partial charge in [-0.15, -0.1) is 0 Å². The van der Waals surface area contributed by atoms with Gasteiger partial charge in [-0.05, 0) is 37.7 Å². The Kier molecular flexibility index (Phi) is 3.01. The molecule has 0 aliphatic heterocycles. The molecular weight excluding hydrogens is 205 g/mol. The van der Waals surface area contributed by atoms with E-state index in [0.29, 0.717) is 6.54 Å². The van der Waals surface area contributed by atoms with E-state index in [2.05, 4.69) is 4.98 Å². The zero-order valence-corrected chi connectivity index (χ0v) is 9.15. The Labute approximate surface area is 93.7 Å². The number of aromatic nitrogens is 2. The van der Waals surface area contributed by atoms with Crippen molar-refractivity contribution < 1.29 is 4.39 Å². The number of hydrogen-bond acceptors (Lipinski definition) is 2. The Morgan fingerprint density at radius 3 is 2.62 bits per heavy atom. The van der Waals surface area contributed by atoms with Crippen molar-refractivity contribution >= 4 is 0 Å². The zero-order chi connectivity index (χ0) is 11.5. The molecule has 0 aliphatic carbocycles. The minimum Gasteiger partial charge on any atom is -0.330 e. The number of nitrogens with two attached hydrogens (primary N) is 1. The Morgan fingerprint density at radius 1 is 1.31 bits per heavy atom. The highest BCUT2D eigenvalue weighted by molar-refractivity contribution is 5.34. The van der Waals surface area contributed by atoms with Crippen LogP contribution >= 0.6 is 0 Å². The molecule has 1 aromatic heterocycles. The third-order valence-corrected chi connectivity index (χ3v) is 2.44. The molecule has 4 heteroatoms. The molecule has 1 heterocycles. The van der Waals surface area contributed by atoms with Crippen LogP contribution in [-0.4, -0.2) is 16.1 Å². The first-order chi connectivity index (χ1) is 7.70. The van der Waals surface area contributed by atoms with Gasteiger partial charge >= 0.3 is 0 Å². The SMILES string of the molecule is Cc1nc(CCN)cn1-c1ccc(F)cc1. The lowest BCUT2D eigenvalue weighted by Crippen LogP contribution is -2.02. The molecule has 16 heavy (non-hydrogen) atoms. The van der Waals surface area contributed by atoms with E-state index < -0.39 is 0 Å². The normalized spacial score (nSPS) is 10.7. The van der Waals surface area contributed by atoms with Crippen molar-refractivity contribution in [3.05, 3.63) is 47.8 Å². The van der Waals surface area contributed by atoms with Crippen molar-refractivity contribution in [2.75, 3.05) is 6.54 Å². The molecular formula is C12H14FN3. The number of rotatable bonds is 3. The van der Waals surface area contributed by atoms with Crippen molar-refractivity contribution in [2.45, 2.75) is 13.3 Å². The first kappa shape index (κ1) is 10.8. The number of aryl methyl sites for hydroxylation is 1. The second-order valence-corrected chi connectivity index (χ2v) is 3.66. The van der Waals surface area contributed by atoms with E-state index in [1.807, 2.05) is 17.7 Å². The highest BCUT2D eigenvalue weighted by atomic mass is 19.1. The van der Waals surface area contributed by atoms with Crippen LogP contribution in [0.2, 0.25) is 0 Å². The molecule has 0 unspecified atom stereocenters. The zero-order valence-electron chi connectivity index (χ0n) is 9.15. The Balaban J connectivity index is 2.36. The summed E-state index contributed by atoms with van der Waals surface area (Å²) in [6, 6.07) is 6.35. The monoisotopic (exact) mass is 219 g/mol. The van der Waals surface area contributed by atoms with E-state index in [0.717, 1.165) is 23.6 Å². The van der Waals surface area contributed by atoms with E-state index in [-0.39, 0.29) is 5.82 Å². The number of nitrogens with zero attached hydrogens (tertiary/aromatic N) is 2. The van der Waals surface area contributed by atoms with Gasteiger partial charge in [0.1, 0.15) is 11.6 Å². The van der Waals surface area contributed by atoms with Crippen molar-refractivity contribution in [3.8, 4) is 5.69 Å². The van der Waals surface area contributed by atoms with Crippen molar-refractivity contribution in [3.63, 3.8) is 0 Å². The van der Waals surface area contributed by atoms with E-state index in [9.17, 15) is 4.39 Å². The summed E-state index contributed by atoms with van der Waals surface area (Å²) in [6.45, 7) is 2.50. The molecule has 0 spiro atoms. The van der Waals surface area contributed by atoms with Crippen molar-refractivity contribution in [1.29, 1.82) is 0 Å². The van der Waals surface area contributed by atoms with Gasteiger partial charge in [0.25, 0.3) is 0 Å². The fourth-order valence-electron chi connectivity index (χ4n) is 1.66. The van der Waals surface area contributed by atoms with Gasteiger partial charge in [0, 0.05) is 18.3 Å². The Hall–Kier alpha value is -1.68. The lowest BCUT2D eigenvalue weighted by Gasteiger charge is -2.03. The van der Waals surface area contributed by atoms with E-state index in [1.165, 1.54) is 12.1 Å². The maximum atomic E-state index is 12.8. The van der Waals surface area contributed by atoms with Crippen LogP contribution in [0.25, 0.3) is 5.69 Å². The highest BCUT2D eigenvalue weighted by Gasteiger charge is 2.05. The molecule has 0 fully saturated rings. The van der Waals surface area contributed by atoms with E-state index in [4.69, 9.17) is 5.73 Å². The third-order valence-electron chi connectivity index (χ3n) is 2.44. The van der Waals surface area contributed by atoms with Crippen LogP contribution < -0.4 is 5.73 Å². The van der Waals surface area contributed by atoms with Crippen molar-refractivity contribution in [1.82, 2.24) is 9.55 Å². The molecule has 2 rings (SSSR count). The minimum absolute atomic E-state index is 0.233. The molecule has 0 aliphatic rings. The summed E-state index contributed by atoms with van der Waals surface area (Å²) in [4.78, 5) is 4.39. The molecule has 1 aromatic carbocycles. The van der Waals surface area contributed by atoms with Gasteiger partial charge in [-0.3, -0.25) is 0 Å². The topological polar surface area (TPSA) is 43.8 Å². The fraction of sp³-hybridized carbons (Fsp3) is 0.250. The maximum absolute atomic E-state index is 12.8. The summed E-state index contributed by atoms with van der Waals surface area (Å²) in [6.07, 6.45) is 2.70. The summed E-state index contributed by atoms with van der Waals surface area (Å²) in [5.74, 6) is 0.652. The number of halogens is 1. The minimum atomic E-state index is -0.233. The standard InChI is InChI=1S/C12H14FN3/c1-9-15-11(6-7-14)8-16(9)12-4-2-10(13)3-5-12/h2-5,8H,6-7,14H2,1H3. The van der Waals surface area contributed by atoms with Gasteiger partial charge < -0.3 is 10.3 Å². The second-order valence-electron chi connectivity index (χ2n) is 3.66. The highest BCUT2D eigenvalue weighted by Crippen LogP contribution is 2.13. The van der Waals surface area contributed by atoms with E-state index in [1.54, 1.807) is 12.1 Å². The first-order valence-corrected chi connectivity index (χ1v) is 5.21. The molecule has 0 saturated heterocycles. The molecule has 0 saturated carbocycles. The maximum Gasteiger partial charge on any atom is 0.123 e. The lowest BCUT2D eigenvalue weighted by molar-refractivity contribution is 0.627. The average Bonchev–Trinajstić information content (AvgIpc) is 2.61. The predicted octanol–water partition coefficient (Wildman–Crippen LogP) is 1.82. The number of imidazole rings is 1. The molecule has 0 atom stereocenters. The summed E-state index contributed by atoms with van der Waals surface area (Å²) >= 11 is 0. The van der Waals surface area contributed by atoms with Crippen LogP contribution in [0.15, 0.2) is 30.5 Å². The van der Waals surface area contributed by atoms with Crippen LogP contribution in [0, 0.1) is 12.7 Å². The quantitative estimate of drug-likeness (QED) is 0.855. The van der Waals surface area contributed by atoms with Crippen LogP contribution in [0.1, 0.15) is 11.5 Å². The van der Waals surface area contributed by atoms with Crippen LogP contribution in [0.5, 0.6) is 0 Å².